The van der Waals surface area contributed by atoms with Crippen LogP contribution in [0.25, 0.3) is 0 Å². The highest BCUT2D eigenvalue weighted by atomic mass is 16.5. The molecule has 0 radical (unpaired) electrons. The van der Waals surface area contributed by atoms with Gasteiger partial charge in [-0.3, -0.25) is 4.99 Å². The predicted octanol–water partition coefficient (Wildman–Crippen LogP) is 1.95. The van der Waals surface area contributed by atoms with E-state index in [0.29, 0.717) is 24.4 Å². The maximum Gasteiger partial charge on any atom is 0.213 e. The minimum Gasteiger partial charge on any atom is -0.481 e. The van der Waals surface area contributed by atoms with Crippen LogP contribution in [-0.2, 0) is 6.54 Å². The van der Waals surface area contributed by atoms with Crippen molar-refractivity contribution in [2.24, 2.45) is 10.9 Å². The third-order valence-electron chi connectivity index (χ3n) is 4.76. The first-order valence-electron chi connectivity index (χ1n) is 8.64. The number of nitrogens with zero attached hydrogens (tertiary/aromatic N) is 5. The molecule has 7 heteroatoms. The van der Waals surface area contributed by atoms with Gasteiger partial charge in [0.2, 0.25) is 5.88 Å². The van der Waals surface area contributed by atoms with Gasteiger partial charge in [0.15, 0.2) is 5.96 Å². The van der Waals surface area contributed by atoms with Gasteiger partial charge in [0.1, 0.15) is 0 Å². The number of hydrogen-bond donors (Lipinski definition) is 1. The molecule has 0 amide bonds. The van der Waals surface area contributed by atoms with Gasteiger partial charge in [-0.15, -0.1) is 0 Å². The fourth-order valence-electron chi connectivity index (χ4n) is 3.27. The molecule has 25 heavy (non-hydrogen) atoms. The standard InChI is InChI=1S/C18H26N6O/c1-14-7-9-23(12-16(14)24-10-8-20-13-24)18(19-2)21-11-15-5-4-6-17(22-15)25-3/h4-6,8,10,13-14,16H,7,9,11-12H2,1-3H3,(H,19,21). The fraction of sp³-hybridized carbons (Fsp3) is 0.500. The average Bonchev–Trinajstić information content (AvgIpc) is 3.18. The molecule has 1 saturated heterocycles. The van der Waals surface area contributed by atoms with E-state index in [1.54, 1.807) is 7.11 Å². The highest BCUT2D eigenvalue weighted by molar-refractivity contribution is 5.80. The molecule has 3 heterocycles. The highest BCUT2D eigenvalue weighted by Gasteiger charge is 2.28. The third kappa shape index (κ3) is 4.10. The molecular formula is C18H26N6O. The lowest BCUT2D eigenvalue weighted by atomic mass is 9.93. The summed E-state index contributed by atoms with van der Waals surface area (Å²) in [6, 6.07) is 6.18. The zero-order valence-electron chi connectivity index (χ0n) is 15.1. The first kappa shape index (κ1) is 17.3. The predicted molar refractivity (Wildman–Crippen MR) is 97.6 cm³/mol. The monoisotopic (exact) mass is 342 g/mol. The minimum atomic E-state index is 0.407. The Bertz CT molecular complexity index is 699. The molecule has 2 aromatic heterocycles. The van der Waals surface area contributed by atoms with Crippen LogP contribution in [0.2, 0.25) is 0 Å². The smallest absolute Gasteiger partial charge is 0.213 e. The maximum atomic E-state index is 5.18. The zero-order chi connectivity index (χ0) is 17.6. The van der Waals surface area contributed by atoms with Gasteiger partial charge in [-0.05, 0) is 18.4 Å². The van der Waals surface area contributed by atoms with Crippen molar-refractivity contribution in [1.29, 1.82) is 0 Å². The van der Waals surface area contributed by atoms with E-state index in [2.05, 4.69) is 36.7 Å². The highest BCUT2D eigenvalue weighted by Crippen LogP contribution is 2.27. The Morgan fingerprint density at radius 1 is 1.44 bits per heavy atom. The number of methoxy groups -OCH3 is 1. The topological polar surface area (TPSA) is 67.6 Å². The van der Waals surface area contributed by atoms with Crippen LogP contribution >= 0.6 is 0 Å². The van der Waals surface area contributed by atoms with Crippen molar-refractivity contribution in [3.05, 3.63) is 42.6 Å². The second kappa shape index (κ2) is 8.00. The molecule has 2 unspecified atom stereocenters. The Hall–Kier alpha value is -2.57. The summed E-state index contributed by atoms with van der Waals surface area (Å²) in [7, 11) is 3.45. The normalized spacial score (nSPS) is 21.2. The van der Waals surface area contributed by atoms with Crippen molar-refractivity contribution in [2.75, 3.05) is 27.2 Å². The number of imidazole rings is 1. The van der Waals surface area contributed by atoms with E-state index in [0.717, 1.165) is 31.2 Å². The molecule has 1 aliphatic heterocycles. The SMILES string of the molecule is CN=C(NCc1cccc(OC)n1)N1CCC(C)C(n2ccnc2)C1. The second-order valence-electron chi connectivity index (χ2n) is 6.36. The number of rotatable bonds is 4. The fourth-order valence-corrected chi connectivity index (χ4v) is 3.27. The molecule has 134 valence electrons. The van der Waals surface area contributed by atoms with Crippen LogP contribution in [0.3, 0.4) is 0 Å². The van der Waals surface area contributed by atoms with Crippen LogP contribution in [0.5, 0.6) is 5.88 Å². The number of ether oxygens (including phenoxy) is 1. The molecule has 0 aromatic carbocycles. The molecule has 1 fully saturated rings. The van der Waals surface area contributed by atoms with Crippen LogP contribution in [-0.4, -0.2) is 52.6 Å². The van der Waals surface area contributed by atoms with Crippen molar-refractivity contribution in [3.63, 3.8) is 0 Å². The Morgan fingerprint density at radius 3 is 3.04 bits per heavy atom. The van der Waals surface area contributed by atoms with Crippen LogP contribution in [0.15, 0.2) is 41.9 Å². The van der Waals surface area contributed by atoms with E-state index < -0.39 is 0 Å². The van der Waals surface area contributed by atoms with Gasteiger partial charge < -0.3 is 19.5 Å². The molecule has 0 aliphatic carbocycles. The van der Waals surface area contributed by atoms with Gasteiger partial charge in [-0.1, -0.05) is 13.0 Å². The van der Waals surface area contributed by atoms with Crippen LogP contribution < -0.4 is 10.1 Å². The van der Waals surface area contributed by atoms with E-state index in [4.69, 9.17) is 4.74 Å². The summed E-state index contributed by atoms with van der Waals surface area (Å²) in [5, 5.41) is 3.42. The van der Waals surface area contributed by atoms with Gasteiger partial charge in [0.25, 0.3) is 0 Å². The molecule has 7 nitrogen and oxygen atoms in total. The third-order valence-corrected chi connectivity index (χ3v) is 4.76. The summed E-state index contributed by atoms with van der Waals surface area (Å²) in [6.45, 7) is 4.84. The molecule has 1 aliphatic rings. The van der Waals surface area contributed by atoms with Crippen LogP contribution in [0.1, 0.15) is 25.1 Å². The van der Waals surface area contributed by atoms with Gasteiger partial charge in [0.05, 0.1) is 31.7 Å². The number of aliphatic imine (C=N–C) groups is 1. The van der Waals surface area contributed by atoms with Crippen LogP contribution in [0.4, 0.5) is 0 Å². The Morgan fingerprint density at radius 2 is 2.32 bits per heavy atom. The van der Waals surface area contributed by atoms with Crippen molar-refractivity contribution < 1.29 is 4.74 Å². The Balaban J connectivity index is 1.64. The molecule has 0 saturated carbocycles. The molecule has 2 aromatic rings. The Kier molecular flexibility index (Phi) is 5.53. The van der Waals surface area contributed by atoms with Crippen LogP contribution in [0, 0.1) is 5.92 Å². The Labute approximate surface area is 148 Å². The lowest BCUT2D eigenvalue weighted by molar-refractivity contribution is 0.189. The van der Waals surface area contributed by atoms with Crippen molar-refractivity contribution in [2.45, 2.75) is 25.9 Å². The van der Waals surface area contributed by atoms with E-state index in [9.17, 15) is 0 Å². The molecule has 3 rings (SSSR count). The summed E-state index contributed by atoms with van der Waals surface area (Å²) in [5.41, 5.74) is 0.928. The summed E-state index contributed by atoms with van der Waals surface area (Å²) in [4.78, 5) is 15.4. The number of aromatic nitrogens is 3. The van der Waals surface area contributed by atoms with Crippen molar-refractivity contribution in [3.8, 4) is 5.88 Å². The molecule has 1 N–H and O–H groups in total. The maximum absolute atomic E-state index is 5.18. The quantitative estimate of drug-likeness (QED) is 0.679. The number of likely N-dealkylation sites (tertiary alicyclic amines) is 1. The number of piperidine rings is 1. The summed E-state index contributed by atoms with van der Waals surface area (Å²) in [5.74, 6) is 2.14. The largest absolute Gasteiger partial charge is 0.481 e. The first-order chi connectivity index (χ1) is 12.2. The first-order valence-corrected chi connectivity index (χ1v) is 8.64. The number of guanidine groups is 1. The van der Waals surface area contributed by atoms with Gasteiger partial charge in [0, 0.05) is 38.6 Å². The van der Waals surface area contributed by atoms with Crippen molar-refractivity contribution in [1.82, 2.24) is 24.8 Å². The van der Waals surface area contributed by atoms with E-state index >= 15 is 0 Å². The van der Waals surface area contributed by atoms with Gasteiger partial charge >= 0.3 is 0 Å². The lowest BCUT2D eigenvalue weighted by Crippen LogP contribution is -2.48. The molecule has 2 atom stereocenters. The minimum absolute atomic E-state index is 0.407. The second-order valence-corrected chi connectivity index (χ2v) is 6.36. The number of nitrogens with one attached hydrogen (secondary N) is 1. The summed E-state index contributed by atoms with van der Waals surface area (Å²) >= 11 is 0. The van der Waals surface area contributed by atoms with Gasteiger partial charge in [-0.25, -0.2) is 9.97 Å². The van der Waals surface area contributed by atoms with E-state index in [1.807, 2.05) is 44.0 Å². The van der Waals surface area contributed by atoms with E-state index in [-0.39, 0.29) is 0 Å². The van der Waals surface area contributed by atoms with Crippen molar-refractivity contribution >= 4 is 5.96 Å². The summed E-state index contributed by atoms with van der Waals surface area (Å²) < 4.78 is 7.39. The number of pyridine rings is 1. The lowest BCUT2D eigenvalue weighted by Gasteiger charge is -2.39. The van der Waals surface area contributed by atoms with E-state index in [1.165, 1.54) is 0 Å². The average molecular weight is 342 g/mol. The van der Waals surface area contributed by atoms with Gasteiger partial charge in [-0.2, -0.15) is 0 Å². The number of hydrogen-bond acceptors (Lipinski definition) is 4. The molecule has 0 spiro atoms. The molecule has 0 bridgehead atoms. The zero-order valence-corrected chi connectivity index (χ0v) is 15.1. The molecular weight excluding hydrogens is 316 g/mol. The summed E-state index contributed by atoms with van der Waals surface area (Å²) in [6.07, 6.45) is 6.91.